The molecule has 1 aromatic rings. The van der Waals surface area contributed by atoms with Crippen molar-refractivity contribution in [2.45, 2.75) is 26.7 Å². The first-order chi connectivity index (χ1) is 8.48. The number of rotatable bonds is 6. The Morgan fingerprint density at radius 2 is 1.94 bits per heavy atom. The SMILES string of the molecule is CCC(CC)(CBr)COc1cc(F)c(Cl)cc1Br. The second-order valence-corrected chi connectivity index (χ2v) is 6.15. The molecule has 0 amide bonds. The summed E-state index contributed by atoms with van der Waals surface area (Å²) in [5.41, 5.74) is 0.0789. The molecule has 0 heterocycles. The third kappa shape index (κ3) is 3.84. The minimum absolute atomic E-state index is 0.0789. The summed E-state index contributed by atoms with van der Waals surface area (Å²) < 4.78 is 19.8. The molecule has 0 atom stereocenters. The highest BCUT2D eigenvalue weighted by molar-refractivity contribution is 9.10. The lowest BCUT2D eigenvalue weighted by atomic mass is 9.86. The van der Waals surface area contributed by atoms with Gasteiger partial charge in [0.05, 0.1) is 16.1 Å². The van der Waals surface area contributed by atoms with Gasteiger partial charge in [-0.1, -0.05) is 41.4 Å². The van der Waals surface area contributed by atoms with Gasteiger partial charge in [-0.3, -0.25) is 0 Å². The lowest BCUT2D eigenvalue weighted by Crippen LogP contribution is -2.29. The topological polar surface area (TPSA) is 9.23 Å². The molecule has 0 N–H and O–H groups in total. The van der Waals surface area contributed by atoms with Gasteiger partial charge in [0.2, 0.25) is 0 Å². The third-order valence-corrected chi connectivity index (χ3v) is 5.39. The van der Waals surface area contributed by atoms with Crippen molar-refractivity contribution in [1.29, 1.82) is 0 Å². The van der Waals surface area contributed by atoms with E-state index in [1.807, 2.05) is 0 Å². The van der Waals surface area contributed by atoms with Gasteiger partial charge in [-0.25, -0.2) is 4.39 Å². The first kappa shape index (κ1) is 16.3. The number of alkyl halides is 1. The Bertz CT molecular complexity index is 400. The maximum absolute atomic E-state index is 13.4. The fourth-order valence-corrected chi connectivity index (χ4v) is 3.24. The molecular formula is C13H16Br2ClFO. The van der Waals surface area contributed by atoms with Crippen molar-refractivity contribution in [3.8, 4) is 5.75 Å². The van der Waals surface area contributed by atoms with Gasteiger partial charge in [0.15, 0.2) is 0 Å². The van der Waals surface area contributed by atoms with Gasteiger partial charge in [0, 0.05) is 16.8 Å². The van der Waals surface area contributed by atoms with Gasteiger partial charge < -0.3 is 4.74 Å². The monoisotopic (exact) mass is 400 g/mol. The normalized spacial score (nSPS) is 11.7. The zero-order valence-corrected chi connectivity index (χ0v) is 14.3. The van der Waals surface area contributed by atoms with Crippen LogP contribution in [0.3, 0.4) is 0 Å². The molecule has 0 aliphatic heterocycles. The second-order valence-electron chi connectivity index (χ2n) is 4.33. The van der Waals surface area contributed by atoms with E-state index in [4.69, 9.17) is 16.3 Å². The molecule has 0 fully saturated rings. The van der Waals surface area contributed by atoms with Crippen LogP contribution in [0.4, 0.5) is 4.39 Å². The van der Waals surface area contributed by atoms with Crippen LogP contribution in [-0.2, 0) is 0 Å². The van der Waals surface area contributed by atoms with E-state index in [0.29, 0.717) is 16.8 Å². The molecule has 0 aromatic heterocycles. The van der Waals surface area contributed by atoms with Crippen LogP contribution < -0.4 is 4.74 Å². The Hall–Kier alpha value is 0.200. The fraction of sp³-hybridized carbons (Fsp3) is 0.538. The standard InChI is InChI=1S/C13H16Br2ClFO/c1-3-13(4-2,7-14)8-18-12-6-11(17)10(16)5-9(12)15/h5-6H,3-4,7-8H2,1-2H3. The van der Waals surface area contributed by atoms with Gasteiger partial charge in [-0.05, 0) is 34.8 Å². The van der Waals surface area contributed by atoms with E-state index in [2.05, 4.69) is 45.7 Å². The van der Waals surface area contributed by atoms with E-state index in [0.717, 1.165) is 18.2 Å². The van der Waals surface area contributed by atoms with Gasteiger partial charge in [0.25, 0.3) is 0 Å². The maximum Gasteiger partial charge on any atom is 0.145 e. The quantitative estimate of drug-likeness (QED) is 0.430. The van der Waals surface area contributed by atoms with E-state index in [1.165, 1.54) is 12.1 Å². The number of hydrogen-bond acceptors (Lipinski definition) is 1. The number of benzene rings is 1. The molecule has 0 saturated heterocycles. The highest BCUT2D eigenvalue weighted by Crippen LogP contribution is 2.34. The van der Waals surface area contributed by atoms with Crippen LogP contribution in [-0.4, -0.2) is 11.9 Å². The summed E-state index contributed by atoms with van der Waals surface area (Å²) in [6, 6.07) is 2.83. The zero-order valence-electron chi connectivity index (χ0n) is 10.4. The molecule has 102 valence electrons. The van der Waals surface area contributed by atoms with Crippen LogP contribution in [0.15, 0.2) is 16.6 Å². The van der Waals surface area contributed by atoms with Crippen LogP contribution in [0.5, 0.6) is 5.75 Å². The van der Waals surface area contributed by atoms with Crippen LogP contribution in [0.1, 0.15) is 26.7 Å². The molecular weight excluding hydrogens is 386 g/mol. The molecule has 0 aliphatic rings. The summed E-state index contributed by atoms with van der Waals surface area (Å²) in [7, 11) is 0. The van der Waals surface area contributed by atoms with E-state index >= 15 is 0 Å². The van der Waals surface area contributed by atoms with Crippen molar-refractivity contribution in [3.05, 3.63) is 27.4 Å². The number of hydrogen-bond donors (Lipinski definition) is 0. The van der Waals surface area contributed by atoms with Crippen molar-refractivity contribution in [3.63, 3.8) is 0 Å². The molecule has 5 heteroatoms. The molecule has 0 unspecified atom stereocenters. The van der Waals surface area contributed by atoms with E-state index in [1.54, 1.807) is 0 Å². The number of ether oxygens (including phenoxy) is 1. The van der Waals surface area contributed by atoms with Crippen LogP contribution in [0.2, 0.25) is 5.02 Å². The fourth-order valence-electron chi connectivity index (χ4n) is 1.53. The zero-order chi connectivity index (χ0) is 13.8. The lowest BCUT2D eigenvalue weighted by molar-refractivity contribution is 0.156. The summed E-state index contributed by atoms with van der Waals surface area (Å²) in [5, 5.41) is 0.952. The highest BCUT2D eigenvalue weighted by Gasteiger charge is 2.26. The summed E-state index contributed by atoms with van der Waals surface area (Å²) >= 11 is 12.5. The molecule has 1 rings (SSSR count). The molecule has 1 aromatic carbocycles. The average molecular weight is 403 g/mol. The molecule has 0 saturated carbocycles. The summed E-state index contributed by atoms with van der Waals surface area (Å²) in [5.74, 6) is 0.0245. The minimum Gasteiger partial charge on any atom is -0.492 e. The Morgan fingerprint density at radius 3 is 2.44 bits per heavy atom. The molecule has 0 bridgehead atoms. The Kier molecular flexibility index (Phi) is 6.42. The van der Waals surface area contributed by atoms with Gasteiger partial charge in [-0.2, -0.15) is 0 Å². The Labute approximate surface area is 129 Å². The van der Waals surface area contributed by atoms with E-state index in [-0.39, 0.29) is 10.4 Å². The van der Waals surface area contributed by atoms with Crippen molar-refractivity contribution in [2.75, 3.05) is 11.9 Å². The van der Waals surface area contributed by atoms with E-state index in [9.17, 15) is 4.39 Å². The first-order valence-electron chi connectivity index (χ1n) is 5.81. The molecule has 0 spiro atoms. The average Bonchev–Trinajstić information content (AvgIpc) is 2.37. The smallest absolute Gasteiger partial charge is 0.145 e. The van der Waals surface area contributed by atoms with Gasteiger partial charge >= 0.3 is 0 Å². The predicted octanol–water partition coefficient (Wildman–Crippen LogP) is 5.82. The predicted molar refractivity (Wildman–Crippen MR) is 81.4 cm³/mol. The third-order valence-electron chi connectivity index (χ3n) is 3.29. The van der Waals surface area contributed by atoms with Crippen LogP contribution in [0, 0.1) is 11.2 Å². The summed E-state index contributed by atoms with van der Waals surface area (Å²) in [6.45, 7) is 4.81. The van der Waals surface area contributed by atoms with Crippen molar-refractivity contribution >= 4 is 43.5 Å². The molecule has 0 aliphatic carbocycles. The molecule has 1 nitrogen and oxygen atoms in total. The Balaban J connectivity index is 2.83. The second kappa shape index (κ2) is 7.11. The number of halogens is 4. The van der Waals surface area contributed by atoms with Crippen molar-refractivity contribution < 1.29 is 9.13 Å². The molecule has 18 heavy (non-hydrogen) atoms. The van der Waals surface area contributed by atoms with Crippen molar-refractivity contribution in [1.82, 2.24) is 0 Å². The van der Waals surface area contributed by atoms with Crippen LogP contribution >= 0.6 is 43.5 Å². The van der Waals surface area contributed by atoms with Gasteiger partial charge in [0.1, 0.15) is 11.6 Å². The largest absolute Gasteiger partial charge is 0.492 e. The van der Waals surface area contributed by atoms with E-state index < -0.39 is 5.82 Å². The van der Waals surface area contributed by atoms with Crippen molar-refractivity contribution in [2.24, 2.45) is 5.41 Å². The summed E-state index contributed by atoms with van der Waals surface area (Å²) in [4.78, 5) is 0. The maximum atomic E-state index is 13.4. The summed E-state index contributed by atoms with van der Waals surface area (Å²) in [6.07, 6.45) is 2.00. The minimum atomic E-state index is -0.465. The first-order valence-corrected chi connectivity index (χ1v) is 8.10. The van der Waals surface area contributed by atoms with Gasteiger partial charge in [-0.15, -0.1) is 0 Å². The lowest BCUT2D eigenvalue weighted by Gasteiger charge is -2.29. The highest BCUT2D eigenvalue weighted by atomic mass is 79.9. The Morgan fingerprint density at radius 1 is 1.33 bits per heavy atom. The van der Waals surface area contributed by atoms with Crippen LogP contribution in [0.25, 0.3) is 0 Å². The molecule has 0 radical (unpaired) electrons.